The first-order valence-corrected chi connectivity index (χ1v) is 10.2. The SMILES string of the molecule is CC1(C)CC(=O)C2=C(C1)Nc1nc(-c3cccc(O)c3)nn1C2c1ccc(Cl)cc1. The van der Waals surface area contributed by atoms with Crippen LogP contribution in [0.4, 0.5) is 5.95 Å². The second-order valence-corrected chi connectivity index (χ2v) is 9.10. The van der Waals surface area contributed by atoms with E-state index in [-0.39, 0.29) is 23.0 Å². The molecule has 0 radical (unpaired) electrons. The summed E-state index contributed by atoms with van der Waals surface area (Å²) in [5.41, 5.74) is 3.15. The first kappa shape index (κ1) is 18.9. The Hall–Kier alpha value is -3.12. The lowest BCUT2D eigenvalue weighted by Crippen LogP contribution is -2.36. The number of rotatable bonds is 2. The lowest BCUT2D eigenvalue weighted by Gasteiger charge is -2.38. The van der Waals surface area contributed by atoms with Crippen molar-refractivity contribution in [2.75, 3.05) is 5.32 Å². The molecule has 0 spiro atoms. The molecule has 2 N–H and O–H groups in total. The molecular formula is C23H21ClN4O2. The van der Waals surface area contributed by atoms with Crippen molar-refractivity contribution in [2.24, 2.45) is 5.41 Å². The van der Waals surface area contributed by atoms with Crippen molar-refractivity contribution in [3.05, 3.63) is 70.4 Å². The zero-order valence-corrected chi connectivity index (χ0v) is 17.4. The quantitative estimate of drug-likeness (QED) is 0.612. The lowest BCUT2D eigenvalue weighted by atomic mass is 9.73. The second kappa shape index (κ2) is 6.71. The number of phenols is 1. The molecule has 1 aromatic heterocycles. The van der Waals surface area contributed by atoms with Crippen LogP contribution in [0.2, 0.25) is 5.02 Å². The van der Waals surface area contributed by atoms with Crippen LogP contribution in [-0.4, -0.2) is 25.7 Å². The van der Waals surface area contributed by atoms with E-state index in [4.69, 9.17) is 16.7 Å². The van der Waals surface area contributed by atoms with Crippen LogP contribution in [0.15, 0.2) is 59.8 Å². The van der Waals surface area contributed by atoms with E-state index in [1.807, 2.05) is 30.3 Å². The Morgan fingerprint density at radius 3 is 2.67 bits per heavy atom. The van der Waals surface area contributed by atoms with Gasteiger partial charge in [0.15, 0.2) is 11.6 Å². The molecule has 1 unspecified atom stereocenters. The first-order chi connectivity index (χ1) is 14.3. The minimum Gasteiger partial charge on any atom is -0.508 e. The Morgan fingerprint density at radius 2 is 1.93 bits per heavy atom. The number of hydrogen-bond acceptors (Lipinski definition) is 5. The summed E-state index contributed by atoms with van der Waals surface area (Å²) in [7, 11) is 0. The molecule has 152 valence electrons. The highest BCUT2D eigenvalue weighted by atomic mass is 35.5. The molecule has 1 atom stereocenters. The first-order valence-electron chi connectivity index (χ1n) is 9.85. The van der Waals surface area contributed by atoms with Crippen molar-refractivity contribution in [1.82, 2.24) is 14.8 Å². The third-order valence-electron chi connectivity index (χ3n) is 5.62. The minimum absolute atomic E-state index is 0.119. The molecule has 0 amide bonds. The fourth-order valence-corrected chi connectivity index (χ4v) is 4.46. The number of allylic oxidation sites excluding steroid dienone is 2. The van der Waals surface area contributed by atoms with Crippen LogP contribution in [0.5, 0.6) is 5.75 Å². The Kier molecular flexibility index (Phi) is 4.22. The van der Waals surface area contributed by atoms with Gasteiger partial charge in [-0.05, 0) is 41.7 Å². The van der Waals surface area contributed by atoms with Gasteiger partial charge in [0.1, 0.15) is 11.8 Å². The highest BCUT2D eigenvalue weighted by Gasteiger charge is 2.41. The van der Waals surface area contributed by atoms with Crippen LogP contribution >= 0.6 is 11.6 Å². The summed E-state index contributed by atoms with van der Waals surface area (Å²) < 4.78 is 1.76. The Bertz CT molecular complexity index is 1190. The van der Waals surface area contributed by atoms with Crippen molar-refractivity contribution in [3.8, 4) is 17.1 Å². The molecule has 2 aliphatic rings. The maximum atomic E-state index is 13.2. The molecule has 2 aromatic carbocycles. The zero-order chi connectivity index (χ0) is 21.0. The van der Waals surface area contributed by atoms with Crippen molar-refractivity contribution >= 4 is 23.3 Å². The van der Waals surface area contributed by atoms with Crippen LogP contribution < -0.4 is 5.32 Å². The van der Waals surface area contributed by atoms with Gasteiger partial charge in [-0.15, -0.1) is 5.10 Å². The monoisotopic (exact) mass is 420 g/mol. The fourth-order valence-electron chi connectivity index (χ4n) is 4.33. The maximum Gasteiger partial charge on any atom is 0.226 e. The summed E-state index contributed by atoms with van der Waals surface area (Å²) in [5.74, 6) is 1.34. The van der Waals surface area contributed by atoms with Gasteiger partial charge in [0.05, 0.1) is 0 Å². The summed E-state index contributed by atoms with van der Waals surface area (Å²) in [5, 5.41) is 18.6. The third-order valence-corrected chi connectivity index (χ3v) is 5.87. The van der Waals surface area contributed by atoms with Gasteiger partial charge in [-0.3, -0.25) is 4.79 Å². The largest absolute Gasteiger partial charge is 0.508 e. The molecule has 5 rings (SSSR count). The number of halogens is 1. The number of ketones is 1. The molecule has 6 nitrogen and oxygen atoms in total. The zero-order valence-electron chi connectivity index (χ0n) is 16.7. The molecule has 0 fully saturated rings. The summed E-state index contributed by atoms with van der Waals surface area (Å²) in [6.07, 6.45) is 1.24. The molecule has 30 heavy (non-hydrogen) atoms. The maximum absolute atomic E-state index is 13.2. The number of carbonyl (C=O) groups excluding carboxylic acids is 1. The van der Waals surface area contributed by atoms with Crippen LogP contribution in [0, 0.1) is 5.41 Å². The molecule has 7 heteroatoms. The molecule has 0 saturated heterocycles. The number of fused-ring (bicyclic) bond motifs is 1. The number of carbonyl (C=O) groups is 1. The van der Waals surface area contributed by atoms with Crippen molar-refractivity contribution in [2.45, 2.75) is 32.7 Å². The van der Waals surface area contributed by atoms with E-state index in [1.54, 1.807) is 22.9 Å². The van der Waals surface area contributed by atoms with E-state index >= 15 is 0 Å². The number of phenolic OH excluding ortho intramolecular Hbond substituents is 1. The van der Waals surface area contributed by atoms with Gasteiger partial charge in [0, 0.05) is 28.3 Å². The number of aromatic hydroxyl groups is 1. The van der Waals surface area contributed by atoms with Crippen molar-refractivity contribution in [1.29, 1.82) is 0 Å². The number of anilines is 1. The van der Waals surface area contributed by atoms with Crippen LogP contribution in [0.3, 0.4) is 0 Å². The number of Topliss-reactive ketones (excluding diaryl/α,β-unsaturated/α-hetero) is 1. The third kappa shape index (κ3) is 3.17. The average Bonchev–Trinajstić information content (AvgIpc) is 3.10. The van der Waals surface area contributed by atoms with Gasteiger partial charge in [-0.25, -0.2) is 4.68 Å². The number of nitrogens with one attached hydrogen (secondary N) is 1. The van der Waals surface area contributed by atoms with Crippen molar-refractivity contribution < 1.29 is 9.90 Å². The number of benzene rings is 2. The molecule has 1 aliphatic heterocycles. The van der Waals surface area contributed by atoms with Gasteiger partial charge >= 0.3 is 0 Å². The standard InChI is InChI=1S/C23H21ClN4O2/c1-23(2)11-17-19(18(30)12-23)20(13-6-8-15(24)9-7-13)28-22(25-17)26-21(27-28)14-4-3-5-16(29)10-14/h3-10,20,29H,11-12H2,1-2H3,(H,25,26,27). The molecule has 0 saturated carbocycles. The van der Waals surface area contributed by atoms with Crippen LogP contribution in [0.1, 0.15) is 38.3 Å². The van der Waals surface area contributed by atoms with E-state index in [9.17, 15) is 9.90 Å². The summed E-state index contributed by atoms with van der Waals surface area (Å²) in [4.78, 5) is 17.9. The number of aromatic nitrogens is 3. The van der Waals surface area contributed by atoms with E-state index in [0.717, 1.165) is 23.3 Å². The van der Waals surface area contributed by atoms with Crippen LogP contribution in [-0.2, 0) is 4.79 Å². The Balaban J connectivity index is 1.68. The molecule has 0 bridgehead atoms. The van der Waals surface area contributed by atoms with E-state index in [1.165, 1.54) is 0 Å². The predicted octanol–water partition coefficient (Wildman–Crippen LogP) is 4.96. The topological polar surface area (TPSA) is 80.0 Å². The second-order valence-electron chi connectivity index (χ2n) is 8.67. The molecule has 1 aliphatic carbocycles. The summed E-state index contributed by atoms with van der Waals surface area (Å²) in [6, 6.07) is 14.0. The molecular weight excluding hydrogens is 400 g/mol. The Labute approximate surface area is 179 Å². The van der Waals surface area contributed by atoms with E-state index < -0.39 is 0 Å². The highest BCUT2D eigenvalue weighted by molar-refractivity contribution is 6.30. The smallest absolute Gasteiger partial charge is 0.226 e. The van der Waals surface area contributed by atoms with E-state index in [2.05, 4.69) is 24.1 Å². The van der Waals surface area contributed by atoms with Gasteiger partial charge < -0.3 is 10.4 Å². The van der Waals surface area contributed by atoms with Crippen LogP contribution in [0.25, 0.3) is 11.4 Å². The average molecular weight is 421 g/mol. The fraction of sp³-hybridized carbons (Fsp3) is 0.261. The number of nitrogens with zero attached hydrogens (tertiary/aromatic N) is 3. The predicted molar refractivity (Wildman–Crippen MR) is 115 cm³/mol. The van der Waals surface area contributed by atoms with Gasteiger partial charge in [-0.1, -0.05) is 49.7 Å². The van der Waals surface area contributed by atoms with E-state index in [0.29, 0.717) is 28.8 Å². The van der Waals surface area contributed by atoms with Gasteiger partial charge in [0.25, 0.3) is 0 Å². The lowest BCUT2D eigenvalue weighted by molar-refractivity contribution is -0.118. The van der Waals surface area contributed by atoms with Crippen molar-refractivity contribution in [3.63, 3.8) is 0 Å². The molecule has 3 aromatic rings. The Morgan fingerprint density at radius 1 is 1.17 bits per heavy atom. The molecule has 2 heterocycles. The number of hydrogen-bond donors (Lipinski definition) is 2. The van der Waals surface area contributed by atoms with Gasteiger partial charge in [0.2, 0.25) is 5.95 Å². The minimum atomic E-state index is -0.379. The van der Waals surface area contributed by atoms with Gasteiger partial charge in [-0.2, -0.15) is 4.98 Å². The summed E-state index contributed by atoms with van der Waals surface area (Å²) in [6.45, 7) is 4.20. The highest BCUT2D eigenvalue weighted by Crippen LogP contribution is 2.45. The summed E-state index contributed by atoms with van der Waals surface area (Å²) >= 11 is 6.10. The normalized spacial score (nSPS) is 19.8.